The smallest absolute Gasteiger partial charge is 0.338 e. The van der Waals surface area contributed by atoms with Crippen molar-refractivity contribution in [3.63, 3.8) is 0 Å². The van der Waals surface area contributed by atoms with Crippen molar-refractivity contribution in [3.05, 3.63) is 89.0 Å². The van der Waals surface area contributed by atoms with Crippen molar-refractivity contribution in [1.82, 2.24) is 0 Å². The van der Waals surface area contributed by atoms with Crippen molar-refractivity contribution in [1.29, 1.82) is 0 Å². The number of methoxy groups -OCH3 is 1. The van der Waals surface area contributed by atoms with Crippen molar-refractivity contribution in [3.8, 4) is 11.1 Å². The number of anilines is 1. The molecule has 0 fully saturated rings. The summed E-state index contributed by atoms with van der Waals surface area (Å²) in [6.45, 7) is 0. The van der Waals surface area contributed by atoms with Gasteiger partial charge in [-0.25, -0.2) is 9.59 Å². The molecule has 0 aliphatic carbocycles. The van der Waals surface area contributed by atoms with Gasteiger partial charge in [-0.2, -0.15) is 0 Å². The standard InChI is InChI=1S/C23H18N2O6/c1-31-23(30)19-12-14(22(28)29)9-10-17(19)16-7-2-3-8-18(16)21(27)25-15-6-4-5-13(11-15)20(24)26/h2-12H,1H3,(H2,24,26)(H,25,27)(H,28,29). The quantitative estimate of drug-likeness (QED) is 0.526. The minimum Gasteiger partial charge on any atom is -0.478 e. The second-order valence-electron chi connectivity index (χ2n) is 6.50. The third kappa shape index (κ3) is 4.59. The molecule has 0 unspecified atom stereocenters. The highest BCUT2D eigenvalue weighted by Crippen LogP contribution is 2.29. The molecule has 0 aromatic heterocycles. The van der Waals surface area contributed by atoms with E-state index in [-0.39, 0.29) is 22.3 Å². The lowest BCUT2D eigenvalue weighted by molar-refractivity contribution is 0.0601. The number of ether oxygens (including phenoxy) is 1. The summed E-state index contributed by atoms with van der Waals surface area (Å²) < 4.78 is 4.79. The van der Waals surface area contributed by atoms with Crippen molar-refractivity contribution < 1.29 is 29.0 Å². The largest absolute Gasteiger partial charge is 0.478 e. The number of nitrogens with one attached hydrogen (secondary N) is 1. The van der Waals surface area contributed by atoms with E-state index in [9.17, 15) is 24.3 Å². The van der Waals surface area contributed by atoms with Gasteiger partial charge in [-0.15, -0.1) is 0 Å². The highest BCUT2D eigenvalue weighted by Gasteiger charge is 2.20. The molecule has 0 aliphatic rings. The molecule has 8 nitrogen and oxygen atoms in total. The van der Waals surface area contributed by atoms with Crippen LogP contribution in [0.4, 0.5) is 5.69 Å². The first-order valence-corrected chi connectivity index (χ1v) is 9.08. The predicted molar refractivity (Wildman–Crippen MR) is 113 cm³/mol. The molecule has 0 heterocycles. The lowest BCUT2D eigenvalue weighted by Crippen LogP contribution is -2.15. The highest BCUT2D eigenvalue weighted by atomic mass is 16.5. The van der Waals surface area contributed by atoms with Crippen LogP contribution < -0.4 is 11.1 Å². The van der Waals surface area contributed by atoms with Crippen LogP contribution in [0.1, 0.15) is 41.4 Å². The van der Waals surface area contributed by atoms with E-state index in [2.05, 4.69) is 5.32 Å². The van der Waals surface area contributed by atoms with Crippen molar-refractivity contribution in [2.45, 2.75) is 0 Å². The first kappa shape index (κ1) is 21.3. The second kappa shape index (κ2) is 8.91. The van der Waals surface area contributed by atoms with E-state index in [4.69, 9.17) is 10.5 Å². The maximum absolute atomic E-state index is 13.0. The molecular weight excluding hydrogens is 400 g/mol. The predicted octanol–water partition coefficient (Wildman–Crippen LogP) is 3.19. The van der Waals surface area contributed by atoms with Crippen LogP contribution >= 0.6 is 0 Å². The number of hydrogen-bond acceptors (Lipinski definition) is 5. The molecule has 156 valence electrons. The van der Waals surface area contributed by atoms with Crippen LogP contribution in [0, 0.1) is 0 Å². The molecule has 31 heavy (non-hydrogen) atoms. The Morgan fingerprint density at radius 3 is 2.23 bits per heavy atom. The van der Waals surface area contributed by atoms with Gasteiger partial charge in [0, 0.05) is 16.8 Å². The molecule has 0 bridgehead atoms. The summed E-state index contributed by atoms with van der Waals surface area (Å²) in [5.41, 5.74) is 6.79. The van der Waals surface area contributed by atoms with Crippen LogP contribution in [0.3, 0.4) is 0 Å². The number of rotatable bonds is 6. The Balaban J connectivity index is 2.05. The van der Waals surface area contributed by atoms with Gasteiger partial charge in [0.15, 0.2) is 0 Å². The zero-order valence-corrected chi connectivity index (χ0v) is 16.4. The minimum atomic E-state index is -1.20. The van der Waals surface area contributed by atoms with Crippen LogP contribution in [0.15, 0.2) is 66.7 Å². The van der Waals surface area contributed by atoms with Gasteiger partial charge in [0.25, 0.3) is 5.91 Å². The number of aromatic carboxylic acids is 1. The molecule has 0 saturated heterocycles. The Kier molecular flexibility index (Phi) is 6.11. The average Bonchev–Trinajstić information content (AvgIpc) is 2.78. The molecule has 3 rings (SSSR count). The molecule has 2 amide bonds. The third-order valence-corrected chi connectivity index (χ3v) is 4.54. The summed E-state index contributed by atoms with van der Waals surface area (Å²) in [5, 5.41) is 11.9. The van der Waals surface area contributed by atoms with E-state index in [0.29, 0.717) is 16.8 Å². The Morgan fingerprint density at radius 2 is 1.55 bits per heavy atom. The van der Waals surface area contributed by atoms with Gasteiger partial charge in [-0.1, -0.05) is 30.3 Å². The van der Waals surface area contributed by atoms with Crippen LogP contribution in [-0.4, -0.2) is 36.0 Å². The van der Waals surface area contributed by atoms with Crippen molar-refractivity contribution >= 4 is 29.4 Å². The second-order valence-corrected chi connectivity index (χ2v) is 6.50. The van der Waals surface area contributed by atoms with Gasteiger partial charge >= 0.3 is 11.9 Å². The van der Waals surface area contributed by atoms with Crippen LogP contribution in [-0.2, 0) is 4.74 Å². The summed E-state index contributed by atoms with van der Waals surface area (Å²) in [6, 6.07) is 16.7. The molecule has 0 radical (unpaired) electrons. The maximum Gasteiger partial charge on any atom is 0.338 e. The SMILES string of the molecule is COC(=O)c1cc(C(=O)O)ccc1-c1ccccc1C(=O)Nc1cccc(C(N)=O)c1. The summed E-state index contributed by atoms with van der Waals surface area (Å²) in [4.78, 5) is 48.0. The molecule has 3 aromatic carbocycles. The molecule has 4 N–H and O–H groups in total. The number of carboxylic acids is 1. The Morgan fingerprint density at radius 1 is 0.839 bits per heavy atom. The first-order chi connectivity index (χ1) is 14.8. The molecular formula is C23H18N2O6. The number of benzene rings is 3. The zero-order chi connectivity index (χ0) is 22.5. The van der Waals surface area contributed by atoms with Crippen LogP contribution in [0.2, 0.25) is 0 Å². The Bertz CT molecular complexity index is 1200. The fraction of sp³-hybridized carbons (Fsp3) is 0.0435. The summed E-state index contributed by atoms with van der Waals surface area (Å²) in [6.07, 6.45) is 0. The monoisotopic (exact) mass is 418 g/mol. The number of carbonyl (C=O) groups is 4. The topological polar surface area (TPSA) is 136 Å². The number of amides is 2. The summed E-state index contributed by atoms with van der Waals surface area (Å²) in [5.74, 6) is -3.05. The zero-order valence-electron chi connectivity index (χ0n) is 16.4. The van der Waals surface area contributed by atoms with E-state index in [1.54, 1.807) is 36.4 Å². The van der Waals surface area contributed by atoms with Crippen molar-refractivity contribution in [2.75, 3.05) is 12.4 Å². The number of esters is 1. The minimum absolute atomic E-state index is 0.0124. The number of primary amides is 1. The van der Waals surface area contributed by atoms with Crippen LogP contribution in [0.5, 0.6) is 0 Å². The van der Waals surface area contributed by atoms with E-state index in [1.165, 1.54) is 37.4 Å². The lowest BCUT2D eigenvalue weighted by Gasteiger charge is -2.14. The van der Waals surface area contributed by atoms with Crippen LogP contribution in [0.25, 0.3) is 11.1 Å². The highest BCUT2D eigenvalue weighted by molar-refractivity contribution is 6.11. The van der Waals surface area contributed by atoms with Gasteiger partial charge in [0.05, 0.1) is 18.2 Å². The molecule has 0 aliphatic heterocycles. The molecule has 3 aromatic rings. The average molecular weight is 418 g/mol. The summed E-state index contributed by atoms with van der Waals surface area (Å²) >= 11 is 0. The number of hydrogen-bond donors (Lipinski definition) is 3. The Hall–Kier alpha value is -4.46. The fourth-order valence-electron chi connectivity index (χ4n) is 3.06. The maximum atomic E-state index is 13.0. The Labute approximate surface area is 177 Å². The normalized spacial score (nSPS) is 10.2. The number of nitrogens with two attached hydrogens (primary N) is 1. The van der Waals surface area contributed by atoms with E-state index < -0.39 is 23.8 Å². The fourth-order valence-corrected chi connectivity index (χ4v) is 3.06. The third-order valence-electron chi connectivity index (χ3n) is 4.54. The molecule has 0 spiro atoms. The van der Waals surface area contributed by atoms with Gasteiger partial charge in [-0.3, -0.25) is 9.59 Å². The molecule has 0 saturated carbocycles. The summed E-state index contributed by atoms with van der Waals surface area (Å²) in [7, 11) is 1.18. The van der Waals surface area contributed by atoms with E-state index >= 15 is 0 Å². The number of carbonyl (C=O) groups excluding carboxylic acids is 3. The van der Waals surface area contributed by atoms with Gasteiger partial charge in [-0.05, 0) is 47.5 Å². The molecule has 8 heteroatoms. The number of carboxylic acid groups (broad SMARTS) is 1. The van der Waals surface area contributed by atoms with E-state index in [0.717, 1.165) is 0 Å². The van der Waals surface area contributed by atoms with E-state index in [1.807, 2.05) is 0 Å². The lowest BCUT2D eigenvalue weighted by atomic mass is 9.93. The molecule has 0 atom stereocenters. The van der Waals surface area contributed by atoms with Crippen molar-refractivity contribution in [2.24, 2.45) is 5.73 Å². The first-order valence-electron chi connectivity index (χ1n) is 9.08. The van der Waals surface area contributed by atoms with Gasteiger partial charge < -0.3 is 20.9 Å². The van der Waals surface area contributed by atoms with Gasteiger partial charge in [0.2, 0.25) is 5.91 Å². The van der Waals surface area contributed by atoms with Gasteiger partial charge in [0.1, 0.15) is 0 Å².